The molecule has 0 N–H and O–H groups in total. The summed E-state index contributed by atoms with van der Waals surface area (Å²) >= 11 is 0. The van der Waals surface area contributed by atoms with Gasteiger partial charge >= 0.3 is 0 Å². The van der Waals surface area contributed by atoms with Gasteiger partial charge in [0.05, 0.1) is 0 Å². The smallest absolute Gasteiger partial charge is 0.00325 e. The van der Waals surface area contributed by atoms with Gasteiger partial charge in [-0.15, -0.1) is 0 Å². The van der Waals surface area contributed by atoms with Gasteiger partial charge in [0.2, 0.25) is 0 Å². The maximum absolute atomic E-state index is 2.57. The minimum absolute atomic E-state index is 0.314. The Morgan fingerprint density at radius 1 is 1.04 bits per heavy atom. The van der Waals surface area contributed by atoms with Crippen molar-refractivity contribution in [3.8, 4) is 0 Å². The van der Waals surface area contributed by atoms with Crippen molar-refractivity contribution in [2.75, 3.05) is 0 Å². The molecule has 0 heterocycles. The second-order valence-corrected chi connectivity index (χ2v) is 9.99. The summed E-state index contributed by atoms with van der Waals surface area (Å²) in [5, 5.41) is 2.90. The van der Waals surface area contributed by atoms with E-state index in [0.29, 0.717) is 17.3 Å². The molecule has 0 unspecified atom stereocenters. The summed E-state index contributed by atoms with van der Waals surface area (Å²) in [5.74, 6) is 2.72. The topological polar surface area (TPSA) is 0 Å². The zero-order valence-electron chi connectivity index (χ0n) is 18.5. The molecule has 0 aromatic heterocycles. The molecular formula is C28H36. The number of aryl methyl sites for hydroxylation is 2. The number of hydrogen-bond acceptors (Lipinski definition) is 0. The van der Waals surface area contributed by atoms with E-state index in [1.54, 1.807) is 11.1 Å². The number of hydrogen-bond donors (Lipinski definition) is 0. The summed E-state index contributed by atoms with van der Waals surface area (Å²) in [7, 11) is 0. The molecule has 2 aromatic rings. The first kappa shape index (κ1) is 19.5. The standard InChI is InChI=1S/C28H36/c1-18(2)19(3)10-11-20(4)25-14-15-26-23-13-12-22-9-7-8-21(5)27(22)24(23)16-17-28(25,26)6/h7-13,15,18-20,25H,14,16-17H2,1-6H3/b11-10+/t19-,20+,25+,28+/m0/s1. The van der Waals surface area contributed by atoms with E-state index in [1.165, 1.54) is 41.2 Å². The maximum Gasteiger partial charge on any atom is -0.00325 e. The minimum Gasteiger partial charge on any atom is -0.0852 e. The first-order chi connectivity index (χ1) is 13.3. The highest BCUT2D eigenvalue weighted by Gasteiger charge is 2.46. The van der Waals surface area contributed by atoms with E-state index in [0.717, 1.165) is 11.8 Å². The van der Waals surface area contributed by atoms with Crippen LogP contribution in [0.3, 0.4) is 0 Å². The van der Waals surface area contributed by atoms with Crippen molar-refractivity contribution in [1.29, 1.82) is 0 Å². The van der Waals surface area contributed by atoms with Gasteiger partial charge in [-0.05, 0) is 88.3 Å². The first-order valence-electron chi connectivity index (χ1n) is 11.2. The first-order valence-corrected chi connectivity index (χ1v) is 11.2. The molecule has 4 rings (SSSR count). The molecule has 0 aliphatic heterocycles. The lowest BCUT2D eigenvalue weighted by atomic mass is 9.62. The molecule has 0 fully saturated rings. The number of rotatable bonds is 4. The molecule has 0 saturated heterocycles. The molecule has 0 amide bonds. The van der Waals surface area contributed by atoms with E-state index in [4.69, 9.17) is 0 Å². The Bertz CT molecular complexity index is 942. The average Bonchev–Trinajstić information content (AvgIpc) is 3.03. The van der Waals surface area contributed by atoms with E-state index < -0.39 is 0 Å². The highest BCUT2D eigenvalue weighted by Crippen LogP contribution is 2.58. The molecule has 0 heteroatoms. The lowest BCUT2D eigenvalue weighted by Crippen LogP contribution is -2.32. The molecule has 2 aromatic carbocycles. The van der Waals surface area contributed by atoms with Crippen molar-refractivity contribution >= 4 is 16.3 Å². The van der Waals surface area contributed by atoms with Crippen LogP contribution in [-0.4, -0.2) is 0 Å². The van der Waals surface area contributed by atoms with Crippen molar-refractivity contribution in [2.24, 2.45) is 29.1 Å². The lowest BCUT2D eigenvalue weighted by Gasteiger charge is -2.42. The van der Waals surface area contributed by atoms with Crippen LogP contribution in [0.1, 0.15) is 64.2 Å². The van der Waals surface area contributed by atoms with Crippen LogP contribution in [0.15, 0.2) is 48.6 Å². The van der Waals surface area contributed by atoms with Crippen molar-refractivity contribution in [1.82, 2.24) is 0 Å². The van der Waals surface area contributed by atoms with E-state index in [9.17, 15) is 0 Å². The van der Waals surface area contributed by atoms with Gasteiger partial charge in [-0.25, -0.2) is 0 Å². The third-order valence-corrected chi connectivity index (χ3v) is 7.96. The molecule has 148 valence electrons. The molecule has 0 bridgehead atoms. The van der Waals surface area contributed by atoms with Gasteiger partial charge in [-0.1, -0.05) is 83.2 Å². The van der Waals surface area contributed by atoms with Gasteiger partial charge in [0.1, 0.15) is 0 Å². The number of benzene rings is 2. The molecular weight excluding hydrogens is 336 g/mol. The van der Waals surface area contributed by atoms with Gasteiger partial charge in [0, 0.05) is 0 Å². The Morgan fingerprint density at radius 3 is 2.57 bits per heavy atom. The van der Waals surface area contributed by atoms with Crippen molar-refractivity contribution < 1.29 is 0 Å². The average molecular weight is 373 g/mol. The number of fused-ring (bicyclic) bond motifs is 5. The van der Waals surface area contributed by atoms with Crippen LogP contribution >= 0.6 is 0 Å². The fourth-order valence-corrected chi connectivity index (χ4v) is 5.72. The largest absolute Gasteiger partial charge is 0.0852 e. The summed E-state index contributed by atoms with van der Waals surface area (Å²) in [6.07, 6.45) is 11.3. The quantitative estimate of drug-likeness (QED) is 0.477. The van der Waals surface area contributed by atoms with Crippen LogP contribution in [0.2, 0.25) is 0 Å². The Balaban J connectivity index is 1.68. The lowest BCUT2D eigenvalue weighted by molar-refractivity contribution is 0.217. The summed E-state index contributed by atoms with van der Waals surface area (Å²) in [4.78, 5) is 0. The van der Waals surface area contributed by atoms with Gasteiger partial charge in [0.15, 0.2) is 0 Å². The Morgan fingerprint density at radius 2 is 1.82 bits per heavy atom. The SMILES string of the molecule is Cc1cccc2ccc3c(c12)CC[C@@]1(C)C3=CC[C@@H]1[C@H](C)/C=C/[C@H](C)C(C)C. The Hall–Kier alpha value is -1.82. The van der Waals surface area contributed by atoms with Gasteiger partial charge in [0.25, 0.3) is 0 Å². The molecule has 0 nitrogen and oxygen atoms in total. The summed E-state index contributed by atoms with van der Waals surface area (Å²) in [6, 6.07) is 11.5. The molecule has 4 atom stereocenters. The Labute approximate surface area is 171 Å². The fourth-order valence-electron chi connectivity index (χ4n) is 5.72. The second kappa shape index (κ2) is 7.21. The van der Waals surface area contributed by atoms with E-state index in [-0.39, 0.29) is 0 Å². The maximum atomic E-state index is 2.57. The van der Waals surface area contributed by atoms with Crippen LogP contribution in [0, 0.1) is 36.0 Å². The summed E-state index contributed by atoms with van der Waals surface area (Å²) in [5.41, 5.74) is 6.49. The summed E-state index contributed by atoms with van der Waals surface area (Å²) in [6.45, 7) is 14.2. The van der Waals surface area contributed by atoms with E-state index in [2.05, 4.69) is 90.1 Å². The van der Waals surface area contributed by atoms with Crippen LogP contribution in [0.5, 0.6) is 0 Å². The normalized spacial score (nSPS) is 26.4. The zero-order valence-corrected chi connectivity index (χ0v) is 18.5. The second-order valence-electron chi connectivity index (χ2n) is 9.99. The van der Waals surface area contributed by atoms with Crippen LogP contribution in [-0.2, 0) is 6.42 Å². The monoisotopic (exact) mass is 372 g/mol. The van der Waals surface area contributed by atoms with Crippen LogP contribution in [0.4, 0.5) is 0 Å². The van der Waals surface area contributed by atoms with Gasteiger partial charge < -0.3 is 0 Å². The Kier molecular flexibility index (Phi) is 5.02. The van der Waals surface area contributed by atoms with Gasteiger partial charge in [-0.3, -0.25) is 0 Å². The third kappa shape index (κ3) is 3.06. The predicted molar refractivity (Wildman–Crippen MR) is 124 cm³/mol. The molecule has 0 spiro atoms. The summed E-state index contributed by atoms with van der Waals surface area (Å²) < 4.78 is 0. The van der Waals surface area contributed by atoms with E-state index >= 15 is 0 Å². The van der Waals surface area contributed by atoms with Crippen molar-refractivity contribution in [3.05, 3.63) is 65.3 Å². The molecule has 0 radical (unpaired) electrons. The van der Waals surface area contributed by atoms with Crippen LogP contribution < -0.4 is 0 Å². The predicted octanol–water partition coefficient (Wildman–Crippen LogP) is 7.99. The van der Waals surface area contributed by atoms with Gasteiger partial charge in [-0.2, -0.15) is 0 Å². The highest BCUT2D eigenvalue weighted by molar-refractivity contribution is 5.94. The third-order valence-electron chi connectivity index (χ3n) is 7.96. The minimum atomic E-state index is 0.314. The highest BCUT2D eigenvalue weighted by atomic mass is 14.5. The molecule has 2 aliphatic rings. The molecule has 0 saturated carbocycles. The molecule has 28 heavy (non-hydrogen) atoms. The van der Waals surface area contributed by atoms with Crippen molar-refractivity contribution in [2.45, 2.75) is 60.8 Å². The van der Waals surface area contributed by atoms with Crippen molar-refractivity contribution in [3.63, 3.8) is 0 Å². The zero-order chi connectivity index (χ0) is 20.1. The van der Waals surface area contributed by atoms with Crippen LogP contribution in [0.25, 0.3) is 16.3 Å². The number of allylic oxidation sites excluding steroid dienone is 4. The molecule has 2 aliphatic carbocycles. The fraction of sp³-hybridized carbons (Fsp3) is 0.500. The van der Waals surface area contributed by atoms with E-state index in [1.807, 2.05) is 0 Å².